The van der Waals surface area contributed by atoms with Crippen LogP contribution in [0, 0.1) is 23.5 Å². The van der Waals surface area contributed by atoms with Crippen molar-refractivity contribution in [2.24, 2.45) is 11.8 Å². The Morgan fingerprint density at radius 3 is 2.79 bits per heavy atom. The lowest BCUT2D eigenvalue weighted by molar-refractivity contribution is -0.168. The fraction of sp³-hybridized carbons (Fsp3) is 0.650. The van der Waals surface area contributed by atoms with Gasteiger partial charge in [-0.25, -0.2) is 8.78 Å². The molecule has 24 heavy (non-hydrogen) atoms. The SMILES string of the molecule is CCCC1(OC(=O)[C@H]2C[C@@H]2c2ccc(F)c(F)c2)CCCC(C)C1. The number of ether oxygens (including phenoxy) is 1. The van der Waals surface area contributed by atoms with Crippen LogP contribution in [-0.4, -0.2) is 11.6 Å². The van der Waals surface area contributed by atoms with Crippen molar-refractivity contribution in [1.29, 1.82) is 0 Å². The van der Waals surface area contributed by atoms with E-state index in [0.29, 0.717) is 17.9 Å². The van der Waals surface area contributed by atoms with Crippen LogP contribution in [0.5, 0.6) is 0 Å². The lowest BCUT2D eigenvalue weighted by atomic mass is 9.76. The molecule has 4 heteroatoms. The normalized spacial score (nSPS) is 32.4. The second-order valence-corrected chi connectivity index (χ2v) is 7.68. The zero-order valence-corrected chi connectivity index (χ0v) is 14.5. The van der Waals surface area contributed by atoms with E-state index in [4.69, 9.17) is 4.74 Å². The Balaban J connectivity index is 1.65. The highest BCUT2D eigenvalue weighted by Crippen LogP contribution is 2.50. The Hall–Kier alpha value is -1.45. The molecule has 2 aliphatic rings. The Morgan fingerprint density at radius 1 is 1.33 bits per heavy atom. The number of benzene rings is 1. The maximum absolute atomic E-state index is 13.4. The minimum Gasteiger partial charge on any atom is -0.459 e. The molecule has 2 saturated carbocycles. The average molecular weight is 336 g/mol. The zero-order valence-electron chi connectivity index (χ0n) is 14.5. The van der Waals surface area contributed by atoms with Crippen LogP contribution >= 0.6 is 0 Å². The lowest BCUT2D eigenvalue weighted by Crippen LogP contribution is -2.40. The molecule has 0 saturated heterocycles. The predicted octanol–water partition coefficient (Wildman–Crippen LogP) is 5.36. The second kappa shape index (κ2) is 6.81. The van der Waals surface area contributed by atoms with Crippen molar-refractivity contribution in [2.75, 3.05) is 0 Å². The summed E-state index contributed by atoms with van der Waals surface area (Å²) in [6.45, 7) is 4.34. The molecule has 1 aromatic rings. The number of rotatable bonds is 5. The quantitative estimate of drug-likeness (QED) is 0.677. The number of hydrogen-bond donors (Lipinski definition) is 0. The van der Waals surface area contributed by atoms with Crippen molar-refractivity contribution >= 4 is 5.97 Å². The maximum Gasteiger partial charge on any atom is 0.310 e. The topological polar surface area (TPSA) is 26.3 Å². The van der Waals surface area contributed by atoms with Gasteiger partial charge in [0.15, 0.2) is 11.6 Å². The summed E-state index contributed by atoms with van der Waals surface area (Å²) in [5, 5.41) is 0. The van der Waals surface area contributed by atoms with E-state index in [1.165, 1.54) is 12.5 Å². The van der Waals surface area contributed by atoms with Crippen LogP contribution in [0.1, 0.15) is 70.3 Å². The maximum atomic E-state index is 13.4. The molecule has 0 amide bonds. The molecule has 1 aromatic carbocycles. The molecule has 2 nitrogen and oxygen atoms in total. The van der Waals surface area contributed by atoms with Gasteiger partial charge in [0, 0.05) is 0 Å². The highest BCUT2D eigenvalue weighted by atomic mass is 19.2. The van der Waals surface area contributed by atoms with E-state index in [0.717, 1.165) is 38.2 Å². The summed E-state index contributed by atoms with van der Waals surface area (Å²) in [7, 11) is 0. The number of halogens is 2. The van der Waals surface area contributed by atoms with Crippen molar-refractivity contribution in [3.8, 4) is 0 Å². The van der Waals surface area contributed by atoms with Crippen LogP contribution in [0.3, 0.4) is 0 Å². The van der Waals surface area contributed by atoms with Gasteiger partial charge in [-0.15, -0.1) is 0 Å². The molecule has 0 aliphatic heterocycles. The molecule has 0 heterocycles. The van der Waals surface area contributed by atoms with Crippen LogP contribution in [0.4, 0.5) is 8.78 Å². The molecule has 0 radical (unpaired) electrons. The smallest absolute Gasteiger partial charge is 0.310 e. The third kappa shape index (κ3) is 3.62. The van der Waals surface area contributed by atoms with Gasteiger partial charge in [0.2, 0.25) is 0 Å². The molecule has 0 aromatic heterocycles. The van der Waals surface area contributed by atoms with Crippen LogP contribution in [0.15, 0.2) is 18.2 Å². The standard InChI is InChI=1S/C20H26F2O2/c1-3-8-20(9-4-5-13(2)12-20)24-19(23)16-11-15(16)14-6-7-17(21)18(22)10-14/h6-7,10,13,15-16H,3-5,8-9,11-12H2,1-2H3/t13?,15-,16+,20?/m1/s1. The molecule has 3 rings (SSSR count). The van der Waals surface area contributed by atoms with Gasteiger partial charge in [-0.2, -0.15) is 0 Å². The molecule has 2 fully saturated rings. The average Bonchev–Trinajstić information content (AvgIpc) is 3.31. The molecule has 132 valence electrons. The molecule has 2 aliphatic carbocycles. The first-order valence-electron chi connectivity index (χ1n) is 9.12. The first-order valence-corrected chi connectivity index (χ1v) is 9.12. The first kappa shape index (κ1) is 17.4. The monoisotopic (exact) mass is 336 g/mol. The number of esters is 1. The molecule has 0 spiro atoms. The fourth-order valence-corrected chi connectivity index (χ4v) is 4.29. The molecule has 4 atom stereocenters. The van der Waals surface area contributed by atoms with E-state index in [2.05, 4.69) is 13.8 Å². The third-order valence-corrected chi connectivity index (χ3v) is 5.54. The summed E-state index contributed by atoms with van der Waals surface area (Å²) in [6.07, 6.45) is 6.76. The van der Waals surface area contributed by atoms with Crippen LogP contribution in [0.2, 0.25) is 0 Å². The van der Waals surface area contributed by atoms with E-state index in [-0.39, 0.29) is 23.4 Å². The molecular formula is C20H26F2O2. The van der Waals surface area contributed by atoms with Crippen molar-refractivity contribution in [1.82, 2.24) is 0 Å². The minimum absolute atomic E-state index is 0.0349. The largest absolute Gasteiger partial charge is 0.459 e. The summed E-state index contributed by atoms with van der Waals surface area (Å²) in [6, 6.07) is 3.91. The molecular weight excluding hydrogens is 310 g/mol. The third-order valence-electron chi connectivity index (χ3n) is 5.54. The highest BCUT2D eigenvalue weighted by molar-refractivity contribution is 5.77. The van der Waals surface area contributed by atoms with Gasteiger partial charge in [-0.3, -0.25) is 4.79 Å². The van der Waals surface area contributed by atoms with Crippen LogP contribution in [0.25, 0.3) is 0 Å². The second-order valence-electron chi connectivity index (χ2n) is 7.68. The summed E-state index contributed by atoms with van der Waals surface area (Å²) in [5.74, 6) is -1.52. The summed E-state index contributed by atoms with van der Waals surface area (Å²) >= 11 is 0. The first-order chi connectivity index (χ1) is 11.4. The van der Waals surface area contributed by atoms with Crippen molar-refractivity contribution < 1.29 is 18.3 Å². The van der Waals surface area contributed by atoms with Gasteiger partial charge in [0.25, 0.3) is 0 Å². The summed E-state index contributed by atoms with van der Waals surface area (Å²) < 4.78 is 32.4. The zero-order chi connectivity index (χ0) is 17.3. The van der Waals surface area contributed by atoms with Gasteiger partial charge in [0.1, 0.15) is 5.60 Å². The minimum atomic E-state index is -0.852. The van der Waals surface area contributed by atoms with Crippen molar-refractivity contribution in [3.05, 3.63) is 35.4 Å². The Bertz CT molecular complexity index is 612. The fourth-order valence-electron chi connectivity index (χ4n) is 4.29. The molecule has 2 unspecified atom stereocenters. The molecule has 0 bridgehead atoms. The van der Waals surface area contributed by atoms with Crippen molar-refractivity contribution in [2.45, 2.75) is 70.3 Å². The Morgan fingerprint density at radius 2 is 2.12 bits per heavy atom. The Kier molecular flexibility index (Phi) is 4.93. The van der Waals surface area contributed by atoms with Crippen molar-refractivity contribution in [3.63, 3.8) is 0 Å². The van der Waals surface area contributed by atoms with E-state index in [1.807, 2.05) is 0 Å². The summed E-state index contributed by atoms with van der Waals surface area (Å²) in [5.41, 5.74) is 0.377. The van der Waals surface area contributed by atoms with Gasteiger partial charge < -0.3 is 4.74 Å². The predicted molar refractivity (Wildman–Crippen MR) is 88.6 cm³/mol. The van der Waals surface area contributed by atoms with Gasteiger partial charge in [-0.05, 0) is 61.6 Å². The van der Waals surface area contributed by atoms with Gasteiger partial charge in [-0.1, -0.05) is 32.8 Å². The highest BCUT2D eigenvalue weighted by Gasteiger charge is 2.48. The van der Waals surface area contributed by atoms with E-state index < -0.39 is 11.6 Å². The van der Waals surface area contributed by atoms with E-state index in [1.54, 1.807) is 6.07 Å². The van der Waals surface area contributed by atoms with E-state index >= 15 is 0 Å². The van der Waals surface area contributed by atoms with Crippen LogP contribution in [-0.2, 0) is 9.53 Å². The van der Waals surface area contributed by atoms with Gasteiger partial charge >= 0.3 is 5.97 Å². The number of carbonyl (C=O) groups excluding carboxylic acids is 1. The molecule has 0 N–H and O–H groups in total. The van der Waals surface area contributed by atoms with Crippen LogP contribution < -0.4 is 0 Å². The Labute approximate surface area is 142 Å². The summed E-state index contributed by atoms with van der Waals surface area (Å²) in [4.78, 5) is 12.6. The lowest BCUT2D eigenvalue weighted by Gasteiger charge is -2.39. The number of hydrogen-bond acceptors (Lipinski definition) is 2. The van der Waals surface area contributed by atoms with Gasteiger partial charge in [0.05, 0.1) is 5.92 Å². The van der Waals surface area contributed by atoms with E-state index in [9.17, 15) is 13.6 Å². The number of carbonyl (C=O) groups is 1.